The van der Waals surface area contributed by atoms with E-state index in [0.29, 0.717) is 5.56 Å². The smallest absolute Gasteiger partial charge is 0.170 e. The SMILES string of the molecule is Cc1ccccc1C(CCC(=O)[O-])C(=O)c1cccc(O)c1. The molecule has 0 saturated carbocycles. The number of aromatic hydroxyl groups is 1. The van der Waals surface area contributed by atoms with Crippen molar-refractivity contribution in [3.8, 4) is 5.75 Å². The lowest BCUT2D eigenvalue weighted by Crippen LogP contribution is -2.24. The van der Waals surface area contributed by atoms with Crippen molar-refractivity contribution in [1.29, 1.82) is 0 Å². The third-order valence-electron chi connectivity index (χ3n) is 3.65. The number of hydrogen-bond donors (Lipinski definition) is 1. The minimum atomic E-state index is -1.18. The van der Waals surface area contributed by atoms with Crippen molar-refractivity contribution in [3.05, 3.63) is 65.2 Å². The Morgan fingerprint density at radius 2 is 1.86 bits per heavy atom. The lowest BCUT2D eigenvalue weighted by Gasteiger charge is -2.19. The summed E-state index contributed by atoms with van der Waals surface area (Å²) in [6, 6.07) is 13.5. The summed E-state index contributed by atoms with van der Waals surface area (Å²) in [4.78, 5) is 23.5. The van der Waals surface area contributed by atoms with Crippen molar-refractivity contribution in [2.45, 2.75) is 25.7 Å². The van der Waals surface area contributed by atoms with Crippen LogP contribution in [0.5, 0.6) is 5.75 Å². The largest absolute Gasteiger partial charge is 0.550 e. The zero-order valence-corrected chi connectivity index (χ0v) is 12.3. The van der Waals surface area contributed by atoms with Crippen LogP contribution in [-0.4, -0.2) is 16.9 Å². The molecule has 1 atom stereocenters. The molecule has 114 valence electrons. The summed E-state index contributed by atoms with van der Waals surface area (Å²) in [7, 11) is 0. The molecule has 0 heterocycles. The van der Waals surface area contributed by atoms with E-state index in [1.165, 1.54) is 12.1 Å². The molecular weight excluding hydrogens is 280 g/mol. The molecule has 0 aliphatic heterocycles. The number of benzene rings is 2. The Morgan fingerprint density at radius 1 is 1.14 bits per heavy atom. The number of aryl methyl sites for hydroxylation is 1. The number of phenols is 1. The number of ketones is 1. The summed E-state index contributed by atoms with van der Waals surface area (Å²) in [5.74, 6) is -1.94. The molecule has 0 bridgehead atoms. The van der Waals surface area contributed by atoms with E-state index >= 15 is 0 Å². The first-order chi connectivity index (χ1) is 10.5. The summed E-state index contributed by atoms with van der Waals surface area (Å²) in [6.07, 6.45) is -0.0226. The van der Waals surface area contributed by atoms with E-state index in [1.807, 2.05) is 31.2 Å². The van der Waals surface area contributed by atoms with Gasteiger partial charge in [-0.1, -0.05) is 36.4 Å². The van der Waals surface area contributed by atoms with E-state index in [-0.39, 0.29) is 24.4 Å². The minimum absolute atomic E-state index is 0.00860. The highest BCUT2D eigenvalue weighted by molar-refractivity contribution is 6.01. The molecule has 4 nitrogen and oxygen atoms in total. The Labute approximate surface area is 129 Å². The number of rotatable bonds is 6. The molecule has 0 aliphatic carbocycles. The van der Waals surface area contributed by atoms with Crippen molar-refractivity contribution in [1.82, 2.24) is 0 Å². The van der Waals surface area contributed by atoms with Gasteiger partial charge in [-0.05, 0) is 43.0 Å². The predicted molar refractivity (Wildman–Crippen MR) is 80.6 cm³/mol. The summed E-state index contributed by atoms with van der Waals surface area (Å²) in [6.45, 7) is 1.89. The maximum Gasteiger partial charge on any atom is 0.170 e. The van der Waals surface area contributed by atoms with Gasteiger partial charge in [-0.15, -0.1) is 0 Å². The van der Waals surface area contributed by atoms with Gasteiger partial charge in [-0.2, -0.15) is 0 Å². The zero-order chi connectivity index (χ0) is 16.1. The number of Topliss-reactive ketones (excluding diaryl/α,β-unsaturated/α-hetero) is 1. The van der Waals surface area contributed by atoms with Crippen LogP contribution in [0.25, 0.3) is 0 Å². The number of aliphatic carboxylic acids is 1. The molecule has 2 aromatic rings. The minimum Gasteiger partial charge on any atom is -0.550 e. The number of phenolic OH excluding ortho intramolecular Hbond substituents is 1. The van der Waals surface area contributed by atoms with Crippen LogP contribution in [0.4, 0.5) is 0 Å². The Kier molecular flexibility index (Phi) is 4.94. The van der Waals surface area contributed by atoms with Gasteiger partial charge in [0.1, 0.15) is 5.75 Å². The topological polar surface area (TPSA) is 77.4 Å². The maximum atomic E-state index is 12.7. The Hall–Kier alpha value is -2.62. The fourth-order valence-electron chi connectivity index (χ4n) is 2.53. The first-order valence-electron chi connectivity index (χ1n) is 7.07. The van der Waals surface area contributed by atoms with Crippen LogP contribution in [-0.2, 0) is 4.79 Å². The number of hydrogen-bond acceptors (Lipinski definition) is 4. The van der Waals surface area contributed by atoms with Crippen LogP contribution < -0.4 is 5.11 Å². The van der Waals surface area contributed by atoms with Crippen LogP contribution in [0.3, 0.4) is 0 Å². The van der Waals surface area contributed by atoms with E-state index in [2.05, 4.69) is 0 Å². The van der Waals surface area contributed by atoms with Crippen LogP contribution >= 0.6 is 0 Å². The van der Waals surface area contributed by atoms with Gasteiger partial charge in [0.2, 0.25) is 0 Å². The van der Waals surface area contributed by atoms with E-state index in [1.54, 1.807) is 12.1 Å². The Balaban J connectivity index is 2.38. The third-order valence-corrected chi connectivity index (χ3v) is 3.65. The first-order valence-corrected chi connectivity index (χ1v) is 7.07. The third kappa shape index (κ3) is 3.73. The van der Waals surface area contributed by atoms with Crippen molar-refractivity contribution >= 4 is 11.8 Å². The monoisotopic (exact) mass is 297 g/mol. The lowest BCUT2D eigenvalue weighted by atomic mass is 9.85. The number of carboxylic acids is 1. The number of carboxylic acid groups (broad SMARTS) is 1. The molecule has 0 aliphatic rings. The average molecular weight is 297 g/mol. The van der Waals surface area contributed by atoms with Gasteiger partial charge >= 0.3 is 0 Å². The number of carbonyl (C=O) groups excluding carboxylic acids is 2. The van der Waals surface area contributed by atoms with Gasteiger partial charge in [0.25, 0.3) is 0 Å². The van der Waals surface area contributed by atoms with Gasteiger partial charge in [0.05, 0.1) is 0 Å². The Bertz CT molecular complexity index is 691. The maximum absolute atomic E-state index is 12.7. The molecule has 0 amide bonds. The van der Waals surface area contributed by atoms with Crippen LogP contribution in [0.2, 0.25) is 0 Å². The second kappa shape index (κ2) is 6.89. The van der Waals surface area contributed by atoms with Gasteiger partial charge in [0, 0.05) is 17.5 Å². The fourth-order valence-corrected chi connectivity index (χ4v) is 2.53. The van der Waals surface area contributed by atoms with Crippen LogP contribution in [0, 0.1) is 6.92 Å². The summed E-state index contributed by atoms with van der Waals surface area (Å²) in [5.41, 5.74) is 2.10. The second-order valence-electron chi connectivity index (χ2n) is 5.23. The predicted octanol–water partition coefficient (Wildman–Crippen LogP) is 2.20. The second-order valence-corrected chi connectivity index (χ2v) is 5.23. The average Bonchev–Trinajstić information content (AvgIpc) is 2.48. The molecule has 22 heavy (non-hydrogen) atoms. The fraction of sp³-hybridized carbons (Fsp3) is 0.222. The molecule has 4 heteroatoms. The lowest BCUT2D eigenvalue weighted by molar-refractivity contribution is -0.305. The van der Waals surface area contributed by atoms with Crippen molar-refractivity contribution in [3.63, 3.8) is 0 Å². The van der Waals surface area contributed by atoms with Crippen LogP contribution in [0.15, 0.2) is 48.5 Å². The standard InChI is InChI=1S/C18H18O4/c1-12-5-2-3-8-15(12)16(9-10-17(20)21)18(22)13-6-4-7-14(19)11-13/h2-8,11,16,19H,9-10H2,1H3,(H,20,21)/p-1. The first kappa shape index (κ1) is 15.8. The molecule has 0 radical (unpaired) electrons. The van der Waals surface area contributed by atoms with E-state index in [9.17, 15) is 19.8 Å². The van der Waals surface area contributed by atoms with Crippen LogP contribution in [0.1, 0.15) is 40.2 Å². The molecule has 1 unspecified atom stereocenters. The quantitative estimate of drug-likeness (QED) is 0.829. The van der Waals surface area contributed by atoms with Gasteiger partial charge < -0.3 is 15.0 Å². The summed E-state index contributed by atoms with van der Waals surface area (Å²) >= 11 is 0. The zero-order valence-electron chi connectivity index (χ0n) is 12.3. The normalized spacial score (nSPS) is 11.9. The molecule has 2 aromatic carbocycles. The highest BCUT2D eigenvalue weighted by Gasteiger charge is 2.23. The molecule has 0 aromatic heterocycles. The number of carbonyl (C=O) groups is 2. The molecule has 0 saturated heterocycles. The Morgan fingerprint density at radius 3 is 2.50 bits per heavy atom. The van der Waals surface area contributed by atoms with Gasteiger partial charge in [0.15, 0.2) is 5.78 Å². The van der Waals surface area contributed by atoms with E-state index < -0.39 is 11.9 Å². The molecule has 2 rings (SSSR count). The highest BCUT2D eigenvalue weighted by atomic mass is 16.4. The summed E-state index contributed by atoms with van der Waals surface area (Å²) < 4.78 is 0. The van der Waals surface area contributed by atoms with E-state index in [4.69, 9.17) is 0 Å². The molecular formula is C18H17O4-. The van der Waals surface area contributed by atoms with Gasteiger partial charge in [-0.3, -0.25) is 4.79 Å². The molecule has 0 spiro atoms. The van der Waals surface area contributed by atoms with Crippen molar-refractivity contribution in [2.24, 2.45) is 0 Å². The van der Waals surface area contributed by atoms with Gasteiger partial charge in [-0.25, -0.2) is 0 Å². The molecule has 1 N–H and O–H groups in total. The van der Waals surface area contributed by atoms with E-state index in [0.717, 1.165) is 11.1 Å². The van der Waals surface area contributed by atoms with Crippen molar-refractivity contribution in [2.75, 3.05) is 0 Å². The summed E-state index contributed by atoms with van der Waals surface area (Å²) in [5, 5.41) is 20.3. The van der Waals surface area contributed by atoms with Crippen molar-refractivity contribution < 1.29 is 19.8 Å². The molecule has 0 fully saturated rings. The highest BCUT2D eigenvalue weighted by Crippen LogP contribution is 2.29.